The van der Waals surface area contributed by atoms with E-state index in [0.29, 0.717) is 23.4 Å². The summed E-state index contributed by atoms with van der Waals surface area (Å²) in [5.74, 6) is 0.00147. The molecule has 0 aliphatic carbocycles. The van der Waals surface area contributed by atoms with Gasteiger partial charge in [0.05, 0.1) is 16.9 Å². The first-order valence-electron chi connectivity index (χ1n) is 4.16. The Morgan fingerprint density at radius 3 is 2.87 bits per heavy atom. The van der Waals surface area contributed by atoms with Gasteiger partial charge in [-0.15, -0.1) is 0 Å². The third-order valence-corrected chi connectivity index (χ3v) is 2.21. The lowest BCUT2D eigenvalue weighted by molar-refractivity contribution is 0.111. The lowest BCUT2D eigenvalue weighted by Crippen LogP contribution is -1.84. The van der Waals surface area contributed by atoms with Crippen molar-refractivity contribution in [3.05, 3.63) is 40.9 Å². The third kappa shape index (κ3) is 1.89. The second kappa shape index (κ2) is 3.82. The van der Waals surface area contributed by atoms with Gasteiger partial charge in [-0.3, -0.25) is 4.79 Å². The normalized spacial score (nSPS) is 10.3. The predicted molar refractivity (Wildman–Crippen MR) is 54.4 cm³/mol. The van der Waals surface area contributed by atoms with E-state index in [2.05, 4.69) is 9.97 Å². The number of H-pyrrole nitrogens is 1. The summed E-state index contributed by atoms with van der Waals surface area (Å²) in [6, 6.07) is 4.24. The molecule has 0 unspecified atom stereocenters. The fraction of sp³-hybridized carbons (Fsp3) is 0. The summed E-state index contributed by atoms with van der Waals surface area (Å²) in [5, 5.41) is 0.0246. The SMILES string of the molecule is O=Cc1cnc(-c2ccc(F)c(Cl)c2)[nH]1. The summed E-state index contributed by atoms with van der Waals surface area (Å²) < 4.78 is 12.9. The van der Waals surface area contributed by atoms with Crippen molar-refractivity contribution in [2.24, 2.45) is 0 Å². The van der Waals surface area contributed by atoms with E-state index >= 15 is 0 Å². The lowest BCUT2D eigenvalue weighted by atomic mass is 10.2. The number of aromatic nitrogens is 2. The van der Waals surface area contributed by atoms with E-state index in [1.807, 2.05) is 0 Å². The van der Waals surface area contributed by atoms with Gasteiger partial charge in [-0.05, 0) is 18.2 Å². The number of aldehydes is 1. The number of hydrogen-bond donors (Lipinski definition) is 1. The first-order chi connectivity index (χ1) is 7.20. The van der Waals surface area contributed by atoms with Crippen molar-refractivity contribution in [1.82, 2.24) is 9.97 Å². The molecule has 0 fully saturated rings. The van der Waals surface area contributed by atoms with E-state index in [1.54, 1.807) is 0 Å². The number of rotatable bonds is 2. The number of carbonyl (C=O) groups excluding carboxylic acids is 1. The van der Waals surface area contributed by atoms with Crippen molar-refractivity contribution < 1.29 is 9.18 Å². The second-order valence-electron chi connectivity index (χ2n) is 2.93. The maximum atomic E-state index is 12.9. The van der Waals surface area contributed by atoms with E-state index in [-0.39, 0.29) is 5.02 Å². The topological polar surface area (TPSA) is 45.8 Å². The Balaban J connectivity index is 2.44. The zero-order chi connectivity index (χ0) is 10.8. The van der Waals surface area contributed by atoms with Crippen LogP contribution in [0, 0.1) is 5.82 Å². The number of aromatic amines is 1. The molecule has 0 radical (unpaired) electrons. The van der Waals surface area contributed by atoms with Crippen LogP contribution in [-0.2, 0) is 0 Å². The monoisotopic (exact) mass is 224 g/mol. The summed E-state index contributed by atoms with van der Waals surface area (Å²) in [7, 11) is 0. The average molecular weight is 225 g/mol. The maximum absolute atomic E-state index is 12.9. The van der Waals surface area contributed by atoms with E-state index in [4.69, 9.17) is 11.6 Å². The highest BCUT2D eigenvalue weighted by atomic mass is 35.5. The van der Waals surface area contributed by atoms with Crippen LogP contribution in [0.15, 0.2) is 24.4 Å². The molecule has 0 saturated heterocycles. The molecule has 0 saturated carbocycles. The molecule has 0 amide bonds. The molecule has 5 heteroatoms. The van der Waals surface area contributed by atoms with Crippen LogP contribution in [-0.4, -0.2) is 16.3 Å². The van der Waals surface area contributed by atoms with E-state index in [1.165, 1.54) is 24.4 Å². The molecule has 2 aromatic rings. The number of halogens is 2. The van der Waals surface area contributed by atoms with Gasteiger partial charge in [0.15, 0.2) is 6.29 Å². The first-order valence-corrected chi connectivity index (χ1v) is 4.54. The molecule has 76 valence electrons. The van der Waals surface area contributed by atoms with Crippen molar-refractivity contribution in [3.8, 4) is 11.4 Å². The summed E-state index contributed by atoms with van der Waals surface area (Å²) >= 11 is 5.62. The van der Waals surface area contributed by atoms with E-state index in [0.717, 1.165) is 0 Å². The smallest absolute Gasteiger partial charge is 0.167 e. The minimum Gasteiger partial charge on any atom is -0.336 e. The molecule has 1 heterocycles. The summed E-state index contributed by atoms with van der Waals surface area (Å²) in [5.41, 5.74) is 1.000. The van der Waals surface area contributed by atoms with Gasteiger partial charge in [-0.25, -0.2) is 9.37 Å². The lowest BCUT2D eigenvalue weighted by Gasteiger charge is -1.98. The van der Waals surface area contributed by atoms with Crippen molar-refractivity contribution in [2.75, 3.05) is 0 Å². The summed E-state index contributed by atoms with van der Waals surface area (Å²) in [4.78, 5) is 17.1. The van der Waals surface area contributed by atoms with Gasteiger partial charge < -0.3 is 4.98 Å². The highest BCUT2D eigenvalue weighted by Gasteiger charge is 2.06. The molecule has 15 heavy (non-hydrogen) atoms. The van der Waals surface area contributed by atoms with Crippen LogP contribution in [0.4, 0.5) is 4.39 Å². The van der Waals surface area contributed by atoms with Gasteiger partial charge in [-0.1, -0.05) is 11.6 Å². The van der Waals surface area contributed by atoms with Crippen molar-refractivity contribution in [1.29, 1.82) is 0 Å². The average Bonchev–Trinajstić information content (AvgIpc) is 2.70. The van der Waals surface area contributed by atoms with Crippen molar-refractivity contribution in [2.45, 2.75) is 0 Å². The zero-order valence-corrected chi connectivity index (χ0v) is 8.25. The minimum atomic E-state index is -0.484. The molecular weight excluding hydrogens is 219 g/mol. The Bertz CT molecular complexity index is 510. The fourth-order valence-corrected chi connectivity index (χ4v) is 1.37. The van der Waals surface area contributed by atoms with Gasteiger partial charge in [0.25, 0.3) is 0 Å². The van der Waals surface area contributed by atoms with Crippen molar-refractivity contribution >= 4 is 17.9 Å². The van der Waals surface area contributed by atoms with Gasteiger partial charge >= 0.3 is 0 Å². The van der Waals surface area contributed by atoms with Crippen LogP contribution in [0.25, 0.3) is 11.4 Å². The summed E-state index contributed by atoms with van der Waals surface area (Å²) in [6.45, 7) is 0. The van der Waals surface area contributed by atoms with Crippen LogP contribution in [0.2, 0.25) is 5.02 Å². The van der Waals surface area contributed by atoms with Crippen molar-refractivity contribution in [3.63, 3.8) is 0 Å². The highest BCUT2D eigenvalue weighted by Crippen LogP contribution is 2.22. The molecule has 1 N–H and O–H groups in total. The predicted octanol–water partition coefficient (Wildman–Crippen LogP) is 2.68. The number of hydrogen-bond acceptors (Lipinski definition) is 2. The molecule has 0 aliphatic heterocycles. The zero-order valence-electron chi connectivity index (χ0n) is 7.50. The Morgan fingerprint density at radius 2 is 2.27 bits per heavy atom. The summed E-state index contributed by atoms with van der Waals surface area (Å²) in [6.07, 6.45) is 2.06. The number of imidazole rings is 1. The Morgan fingerprint density at radius 1 is 1.47 bits per heavy atom. The molecule has 2 rings (SSSR count). The Hall–Kier alpha value is -1.68. The Kier molecular flexibility index (Phi) is 2.51. The van der Waals surface area contributed by atoms with E-state index < -0.39 is 5.82 Å². The van der Waals surface area contributed by atoms with Crippen LogP contribution in [0.1, 0.15) is 10.5 Å². The maximum Gasteiger partial charge on any atom is 0.167 e. The molecule has 0 atom stereocenters. The first kappa shape index (κ1) is 9.86. The quantitative estimate of drug-likeness (QED) is 0.798. The van der Waals surface area contributed by atoms with Gasteiger partial charge in [0.2, 0.25) is 0 Å². The largest absolute Gasteiger partial charge is 0.336 e. The molecule has 0 spiro atoms. The fourth-order valence-electron chi connectivity index (χ4n) is 1.19. The van der Waals surface area contributed by atoms with Crippen LogP contribution >= 0.6 is 11.6 Å². The van der Waals surface area contributed by atoms with Crippen LogP contribution < -0.4 is 0 Å². The number of nitrogens with one attached hydrogen (secondary N) is 1. The van der Waals surface area contributed by atoms with Gasteiger partial charge in [0.1, 0.15) is 11.6 Å². The number of nitrogens with zero attached hydrogens (tertiary/aromatic N) is 1. The second-order valence-corrected chi connectivity index (χ2v) is 3.34. The van der Waals surface area contributed by atoms with Crippen LogP contribution in [0.5, 0.6) is 0 Å². The van der Waals surface area contributed by atoms with Gasteiger partial charge in [0, 0.05) is 5.56 Å². The molecule has 1 aromatic heterocycles. The van der Waals surface area contributed by atoms with Crippen LogP contribution in [0.3, 0.4) is 0 Å². The van der Waals surface area contributed by atoms with E-state index in [9.17, 15) is 9.18 Å². The highest BCUT2D eigenvalue weighted by molar-refractivity contribution is 6.31. The number of benzene rings is 1. The number of carbonyl (C=O) groups is 1. The molecule has 1 aromatic carbocycles. The van der Waals surface area contributed by atoms with Gasteiger partial charge in [-0.2, -0.15) is 0 Å². The minimum absolute atomic E-state index is 0.0246. The third-order valence-electron chi connectivity index (χ3n) is 1.92. The molecular formula is C10H6ClFN2O. The Labute approximate surface area is 89.9 Å². The standard InChI is InChI=1S/C10H6ClFN2O/c11-8-3-6(1-2-9(8)12)10-13-4-7(5-15)14-10/h1-5H,(H,13,14). The molecule has 0 aliphatic rings. The molecule has 3 nitrogen and oxygen atoms in total. The molecule has 0 bridgehead atoms.